The van der Waals surface area contributed by atoms with Crippen LogP contribution >= 0.6 is 0 Å². The van der Waals surface area contributed by atoms with Gasteiger partial charge in [-0.05, 0) is 67.3 Å². The van der Waals surface area contributed by atoms with Crippen LogP contribution in [0.2, 0.25) is 0 Å². The molecule has 0 aromatic heterocycles. The molecule has 0 saturated carbocycles. The van der Waals surface area contributed by atoms with E-state index in [0.29, 0.717) is 13.1 Å². The molecule has 0 bridgehead atoms. The average molecular weight is 391 g/mol. The molecule has 3 amide bonds. The number of rotatable bonds is 3. The normalized spacial score (nSPS) is 18.2. The summed E-state index contributed by atoms with van der Waals surface area (Å²) in [5.41, 5.74) is 5.81. The van der Waals surface area contributed by atoms with Gasteiger partial charge in [-0.25, -0.2) is 0 Å². The molecule has 2 aromatic rings. The molecule has 1 N–H and O–H groups in total. The van der Waals surface area contributed by atoms with Crippen molar-refractivity contribution in [2.24, 2.45) is 5.92 Å². The third kappa shape index (κ3) is 3.62. The average Bonchev–Trinajstić information content (AvgIpc) is 3.27. The molecule has 4 rings (SSSR count). The second-order valence-electron chi connectivity index (χ2n) is 7.93. The molecule has 0 unspecified atom stereocenters. The first kappa shape index (κ1) is 19.2. The summed E-state index contributed by atoms with van der Waals surface area (Å²) in [6.45, 7) is 6.63. The van der Waals surface area contributed by atoms with Gasteiger partial charge in [0.05, 0.1) is 5.92 Å². The Balaban J connectivity index is 1.47. The molecule has 0 aliphatic carbocycles. The number of carbonyl (C=O) groups excluding carboxylic acids is 3. The first-order valence-corrected chi connectivity index (χ1v) is 9.93. The lowest BCUT2D eigenvalue weighted by atomic mass is 10.1. The maximum absolute atomic E-state index is 12.7. The van der Waals surface area contributed by atoms with Gasteiger partial charge in [0.1, 0.15) is 0 Å². The number of nitrogens with one attached hydrogen (secondary N) is 1. The number of hydrogen-bond acceptors (Lipinski definition) is 3. The first-order valence-electron chi connectivity index (χ1n) is 9.93. The topological polar surface area (TPSA) is 69.7 Å². The Hall–Kier alpha value is -3.15. The third-order valence-electron chi connectivity index (χ3n) is 5.92. The standard InChI is InChI=1S/C23H25N3O3/c1-14-4-5-19(10-15(14)2)24-23(29)18-12-22(28)26(13-18)20-6-7-21-17(11-20)8-9-25(21)16(3)27/h4-7,10-11,18H,8-9,12-13H2,1-3H3,(H,24,29)/t18-/m0/s1. The molecule has 1 atom stereocenters. The maximum Gasteiger partial charge on any atom is 0.229 e. The Morgan fingerprint density at radius 2 is 1.86 bits per heavy atom. The molecule has 2 aliphatic heterocycles. The molecule has 6 nitrogen and oxygen atoms in total. The Morgan fingerprint density at radius 1 is 1.07 bits per heavy atom. The van der Waals surface area contributed by atoms with Crippen molar-refractivity contribution in [3.63, 3.8) is 0 Å². The van der Waals surface area contributed by atoms with Gasteiger partial charge in [-0.1, -0.05) is 6.07 Å². The van der Waals surface area contributed by atoms with E-state index >= 15 is 0 Å². The number of amides is 3. The smallest absolute Gasteiger partial charge is 0.229 e. The van der Waals surface area contributed by atoms with Gasteiger partial charge in [-0.2, -0.15) is 0 Å². The van der Waals surface area contributed by atoms with Gasteiger partial charge in [0.15, 0.2) is 0 Å². The Morgan fingerprint density at radius 3 is 2.59 bits per heavy atom. The van der Waals surface area contributed by atoms with E-state index < -0.39 is 0 Å². The molecule has 6 heteroatoms. The SMILES string of the molecule is CC(=O)N1CCc2cc(N3C[C@@H](C(=O)Nc4ccc(C)c(C)c4)CC3=O)ccc21. The lowest BCUT2D eigenvalue weighted by Gasteiger charge is -2.19. The summed E-state index contributed by atoms with van der Waals surface area (Å²) in [7, 11) is 0. The molecule has 29 heavy (non-hydrogen) atoms. The van der Waals surface area contributed by atoms with Crippen LogP contribution in [0.5, 0.6) is 0 Å². The highest BCUT2D eigenvalue weighted by Gasteiger charge is 2.36. The number of benzene rings is 2. The molecule has 150 valence electrons. The van der Waals surface area contributed by atoms with Gasteiger partial charge in [-0.3, -0.25) is 14.4 Å². The molecule has 2 heterocycles. The molecule has 1 fully saturated rings. The summed E-state index contributed by atoms with van der Waals surface area (Å²) in [6, 6.07) is 11.5. The molecular weight excluding hydrogens is 366 g/mol. The first-order chi connectivity index (χ1) is 13.8. The van der Waals surface area contributed by atoms with Crippen LogP contribution in [0.1, 0.15) is 30.0 Å². The fourth-order valence-electron chi connectivity index (χ4n) is 4.08. The van der Waals surface area contributed by atoms with Crippen LogP contribution in [0.3, 0.4) is 0 Å². The summed E-state index contributed by atoms with van der Waals surface area (Å²) >= 11 is 0. The highest BCUT2D eigenvalue weighted by Crippen LogP contribution is 2.34. The van der Waals surface area contributed by atoms with Crippen LogP contribution in [-0.2, 0) is 20.8 Å². The van der Waals surface area contributed by atoms with E-state index in [2.05, 4.69) is 5.32 Å². The van der Waals surface area contributed by atoms with E-state index in [4.69, 9.17) is 0 Å². The van der Waals surface area contributed by atoms with E-state index in [0.717, 1.165) is 34.6 Å². The lowest BCUT2D eigenvalue weighted by molar-refractivity contribution is -0.122. The van der Waals surface area contributed by atoms with Gasteiger partial charge in [-0.15, -0.1) is 0 Å². The number of nitrogens with zero attached hydrogens (tertiary/aromatic N) is 2. The summed E-state index contributed by atoms with van der Waals surface area (Å²) < 4.78 is 0. The second kappa shape index (κ2) is 7.35. The number of hydrogen-bond donors (Lipinski definition) is 1. The van der Waals surface area contributed by atoms with Crippen LogP contribution in [0.15, 0.2) is 36.4 Å². The largest absolute Gasteiger partial charge is 0.326 e. The van der Waals surface area contributed by atoms with Crippen LogP contribution in [-0.4, -0.2) is 30.8 Å². The molecule has 2 aromatic carbocycles. The van der Waals surface area contributed by atoms with Crippen molar-refractivity contribution in [1.82, 2.24) is 0 Å². The number of fused-ring (bicyclic) bond motifs is 1. The van der Waals surface area contributed by atoms with Crippen molar-refractivity contribution in [1.29, 1.82) is 0 Å². The second-order valence-corrected chi connectivity index (χ2v) is 7.93. The Kier molecular flexibility index (Phi) is 4.86. The minimum Gasteiger partial charge on any atom is -0.326 e. The fraction of sp³-hybridized carbons (Fsp3) is 0.348. The molecule has 0 spiro atoms. The van der Waals surface area contributed by atoms with E-state index in [1.54, 1.807) is 16.7 Å². The summed E-state index contributed by atoms with van der Waals surface area (Å²) in [5.74, 6) is -0.539. The van der Waals surface area contributed by atoms with Gasteiger partial charge in [0.25, 0.3) is 0 Å². The predicted molar refractivity (Wildman–Crippen MR) is 113 cm³/mol. The zero-order chi connectivity index (χ0) is 20.7. The minimum absolute atomic E-state index is 0.0248. The third-order valence-corrected chi connectivity index (χ3v) is 5.92. The summed E-state index contributed by atoms with van der Waals surface area (Å²) in [4.78, 5) is 40.5. The van der Waals surface area contributed by atoms with Gasteiger partial charge in [0, 0.05) is 43.5 Å². The Bertz CT molecular complexity index is 1010. The van der Waals surface area contributed by atoms with Crippen molar-refractivity contribution in [2.45, 2.75) is 33.6 Å². The monoisotopic (exact) mass is 391 g/mol. The van der Waals surface area contributed by atoms with Crippen molar-refractivity contribution < 1.29 is 14.4 Å². The summed E-state index contributed by atoms with van der Waals surface area (Å²) in [5, 5.41) is 2.94. The number of aryl methyl sites for hydroxylation is 2. The molecule has 2 aliphatic rings. The van der Waals surface area contributed by atoms with E-state index in [1.807, 2.05) is 50.2 Å². The van der Waals surface area contributed by atoms with E-state index in [9.17, 15) is 14.4 Å². The van der Waals surface area contributed by atoms with Gasteiger partial charge >= 0.3 is 0 Å². The Labute approximate surface area is 170 Å². The molecular formula is C23H25N3O3. The van der Waals surface area contributed by atoms with Crippen molar-refractivity contribution >= 4 is 34.8 Å². The van der Waals surface area contributed by atoms with Crippen molar-refractivity contribution in [3.8, 4) is 0 Å². The lowest BCUT2D eigenvalue weighted by Crippen LogP contribution is -2.28. The van der Waals surface area contributed by atoms with Gasteiger partial charge in [0.2, 0.25) is 17.7 Å². The van der Waals surface area contributed by atoms with Gasteiger partial charge < -0.3 is 15.1 Å². The fourth-order valence-corrected chi connectivity index (χ4v) is 4.08. The maximum atomic E-state index is 12.7. The van der Waals surface area contributed by atoms with Crippen molar-refractivity contribution in [3.05, 3.63) is 53.1 Å². The zero-order valence-electron chi connectivity index (χ0n) is 17.0. The van der Waals surface area contributed by atoms with Crippen LogP contribution < -0.4 is 15.1 Å². The quantitative estimate of drug-likeness (QED) is 0.874. The highest BCUT2D eigenvalue weighted by molar-refractivity contribution is 6.04. The van der Waals surface area contributed by atoms with Crippen LogP contribution in [0, 0.1) is 19.8 Å². The molecule has 0 radical (unpaired) electrons. The van der Waals surface area contributed by atoms with E-state index in [-0.39, 0.29) is 30.1 Å². The van der Waals surface area contributed by atoms with Crippen LogP contribution in [0.25, 0.3) is 0 Å². The molecule has 1 saturated heterocycles. The zero-order valence-corrected chi connectivity index (χ0v) is 17.0. The number of carbonyl (C=O) groups is 3. The highest BCUT2D eigenvalue weighted by atomic mass is 16.2. The van der Waals surface area contributed by atoms with E-state index in [1.165, 1.54) is 5.56 Å². The minimum atomic E-state index is -0.383. The number of anilines is 3. The van der Waals surface area contributed by atoms with Crippen molar-refractivity contribution in [2.75, 3.05) is 28.2 Å². The summed E-state index contributed by atoms with van der Waals surface area (Å²) in [6.07, 6.45) is 0.981. The predicted octanol–water partition coefficient (Wildman–Crippen LogP) is 3.20. The van der Waals surface area contributed by atoms with Crippen LogP contribution in [0.4, 0.5) is 17.1 Å².